The first kappa shape index (κ1) is 14.6. The minimum Gasteiger partial charge on any atom is -0.404 e. The Balaban J connectivity index is 2.05. The van der Waals surface area contributed by atoms with E-state index in [0.29, 0.717) is 12.2 Å². The van der Waals surface area contributed by atoms with E-state index in [9.17, 15) is 13.2 Å². The van der Waals surface area contributed by atoms with Crippen molar-refractivity contribution in [1.29, 1.82) is 0 Å². The molecule has 0 bridgehead atoms. The Morgan fingerprint density at radius 2 is 2.05 bits per heavy atom. The monoisotopic (exact) mass is 302 g/mol. The van der Waals surface area contributed by atoms with Crippen LogP contribution in [0.1, 0.15) is 16.8 Å². The van der Waals surface area contributed by atoms with Gasteiger partial charge in [-0.05, 0) is 18.6 Å². The molecule has 2 aromatic rings. The van der Waals surface area contributed by atoms with Gasteiger partial charge in [-0.1, -0.05) is 19.1 Å². The lowest BCUT2D eigenvalue weighted by atomic mass is 10.3. The molecule has 7 heteroatoms. The Morgan fingerprint density at radius 3 is 2.70 bits per heavy atom. The van der Waals surface area contributed by atoms with Crippen molar-refractivity contribution in [2.75, 3.05) is 5.32 Å². The zero-order valence-electron chi connectivity index (χ0n) is 10.7. The van der Waals surface area contributed by atoms with Crippen molar-refractivity contribution >= 4 is 17.0 Å². The molecule has 0 fully saturated rings. The van der Waals surface area contributed by atoms with Crippen LogP contribution in [-0.4, -0.2) is 11.3 Å². The van der Waals surface area contributed by atoms with Gasteiger partial charge < -0.3 is 10.1 Å². The molecule has 0 amide bonds. The number of para-hydroxylation sites is 2. The first-order valence-corrected chi connectivity index (χ1v) is 6.82. The SMILES string of the molecule is CCc1ncc(CNc2ccccc2OC(F)(F)F)s1. The number of hydrogen-bond acceptors (Lipinski definition) is 4. The number of alkyl halides is 3. The molecule has 0 spiro atoms. The lowest BCUT2D eigenvalue weighted by molar-refractivity contribution is -0.274. The highest BCUT2D eigenvalue weighted by Crippen LogP contribution is 2.30. The summed E-state index contributed by atoms with van der Waals surface area (Å²) in [5.41, 5.74) is 0.302. The summed E-state index contributed by atoms with van der Waals surface area (Å²) in [6, 6.07) is 5.96. The number of benzene rings is 1. The minimum atomic E-state index is -4.70. The Morgan fingerprint density at radius 1 is 1.30 bits per heavy atom. The van der Waals surface area contributed by atoms with Gasteiger partial charge in [-0.15, -0.1) is 24.5 Å². The van der Waals surface area contributed by atoms with Crippen LogP contribution >= 0.6 is 11.3 Å². The van der Waals surface area contributed by atoms with Crippen LogP contribution in [0.2, 0.25) is 0 Å². The van der Waals surface area contributed by atoms with Gasteiger partial charge in [-0.25, -0.2) is 4.98 Å². The number of aromatic nitrogens is 1. The smallest absolute Gasteiger partial charge is 0.404 e. The second-order valence-corrected chi connectivity index (χ2v) is 5.17. The second kappa shape index (κ2) is 6.13. The maximum atomic E-state index is 12.3. The maximum absolute atomic E-state index is 12.3. The quantitative estimate of drug-likeness (QED) is 0.898. The Kier molecular flexibility index (Phi) is 4.49. The number of nitrogens with one attached hydrogen (secondary N) is 1. The summed E-state index contributed by atoms with van der Waals surface area (Å²) < 4.78 is 40.8. The number of aryl methyl sites for hydroxylation is 1. The van der Waals surface area contributed by atoms with Crippen molar-refractivity contribution in [2.45, 2.75) is 26.3 Å². The third kappa shape index (κ3) is 4.12. The van der Waals surface area contributed by atoms with Crippen molar-refractivity contribution in [3.8, 4) is 5.75 Å². The Hall–Kier alpha value is -1.76. The first-order chi connectivity index (χ1) is 9.48. The summed E-state index contributed by atoms with van der Waals surface area (Å²) >= 11 is 1.53. The highest BCUT2D eigenvalue weighted by Gasteiger charge is 2.32. The number of rotatable bonds is 5. The molecule has 1 aromatic heterocycles. The van der Waals surface area contributed by atoms with Gasteiger partial charge in [-0.2, -0.15) is 0 Å². The Labute approximate surface area is 118 Å². The van der Waals surface area contributed by atoms with Crippen LogP contribution < -0.4 is 10.1 Å². The van der Waals surface area contributed by atoms with Gasteiger partial charge in [-0.3, -0.25) is 0 Å². The van der Waals surface area contributed by atoms with Gasteiger partial charge in [0, 0.05) is 11.1 Å². The lowest BCUT2D eigenvalue weighted by Crippen LogP contribution is -2.18. The van der Waals surface area contributed by atoms with E-state index >= 15 is 0 Å². The summed E-state index contributed by atoms with van der Waals surface area (Å²) in [7, 11) is 0. The molecule has 0 saturated heterocycles. The van der Waals surface area contributed by atoms with E-state index in [2.05, 4.69) is 15.0 Å². The van der Waals surface area contributed by atoms with Crippen LogP contribution in [0.4, 0.5) is 18.9 Å². The highest BCUT2D eigenvalue weighted by molar-refractivity contribution is 7.11. The van der Waals surface area contributed by atoms with Crippen LogP contribution in [0.25, 0.3) is 0 Å². The second-order valence-electron chi connectivity index (χ2n) is 3.97. The molecule has 0 radical (unpaired) electrons. The normalized spacial score (nSPS) is 11.4. The summed E-state index contributed by atoms with van der Waals surface area (Å²) in [6.07, 6.45) is -2.13. The zero-order valence-corrected chi connectivity index (χ0v) is 11.5. The third-order valence-electron chi connectivity index (χ3n) is 2.47. The first-order valence-electron chi connectivity index (χ1n) is 6.00. The average molecular weight is 302 g/mol. The van der Waals surface area contributed by atoms with Crippen LogP contribution in [0, 0.1) is 0 Å². The molecule has 1 aromatic carbocycles. The summed E-state index contributed by atoms with van der Waals surface area (Å²) in [6.45, 7) is 2.42. The van der Waals surface area contributed by atoms with Crippen molar-refractivity contribution in [3.63, 3.8) is 0 Å². The van der Waals surface area contributed by atoms with Gasteiger partial charge in [0.15, 0.2) is 5.75 Å². The number of hydrogen-bond donors (Lipinski definition) is 1. The average Bonchev–Trinajstić information content (AvgIpc) is 2.84. The van der Waals surface area contributed by atoms with Gasteiger partial charge in [0.05, 0.1) is 17.2 Å². The van der Waals surface area contributed by atoms with E-state index in [4.69, 9.17) is 0 Å². The molecule has 3 nitrogen and oxygen atoms in total. The third-order valence-corrected chi connectivity index (χ3v) is 3.61. The molecular formula is C13H13F3N2OS. The molecule has 1 heterocycles. The summed E-state index contributed by atoms with van der Waals surface area (Å²) in [5, 5.41) is 3.94. The van der Waals surface area contributed by atoms with Gasteiger partial charge in [0.25, 0.3) is 0 Å². The molecule has 2 rings (SSSR count). The van der Waals surface area contributed by atoms with Crippen molar-refractivity contribution in [3.05, 3.63) is 40.3 Å². The van der Waals surface area contributed by atoms with E-state index in [0.717, 1.165) is 16.3 Å². The van der Waals surface area contributed by atoms with E-state index < -0.39 is 6.36 Å². The molecule has 0 aliphatic carbocycles. The van der Waals surface area contributed by atoms with E-state index in [-0.39, 0.29) is 5.75 Å². The number of thiazole rings is 1. The molecular weight excluding hydrogens is 289 g/mol. The lowest BCUT2D eigenvalue weighted by Gasteiger charge is -2.13. The van der Waals surface area contributed by atoms with E-state index in [1.807, 2.05) is 6.92 Å². The summed E-state index contributed by atoms with van der Waals surface area (Å²) in [5.74, 6) is -0.236. The maximum Gasteiger partial charge on any atom is 0.573 e. The number of ether oxygens (including phenoxy) is 1. The van der Waals surface area contributed by atoms with Crippen LogP contribution in [0.15, 0.2) is 30.5 Å². The van der Waals surface area contributed by atoms with Crippen molar-refractivity contribution < 1.29 is 17.9 Å². The number of halogens is 3. The van der Waals surface area contributed by atoms with Gasteiger partial charge in [0.1, 0.15) is 0 Å². The Bertz CT molecular complexity index is 569. The standard InChI is InChI=1S/C13H13F3N2OS/c1-2-12-18-8-9(20-12)7-17-10-5-3-4-6-11(10)19-13(14,15)16/h3-6,8,17H,2,7H2,1H3. The molecule has 1 N–H and O–H groups in total. The van der Waals surface area contributed by atoms with Crippen LogP contribution in [-0.2, 0) is 13.0 Å². The van der Waals surface area contributed by atoms with E-state index in [1.165, 1.54) is 23.5 Å². The number of anilines is 1. The summed E-state index contributed by atoms with van der Waals surface area (Å²) in [4.78, 5) is 5.16. The van der Waals surface area contributed by atoms with Crippen molar-refractivity contribution in [1.82, 2.24) is 4.98 Å². The molecule has 0 atom stereocenters. The minimum absolute atomic E-state index is 0.236. The van der Waals surface area contributed by atoms with Gasteiger partial charge >= 0.3 is 6.36 Å². The fourth-order valence-electron chi connectivity index (χ4n) is 1.60. The molecule has 0 unspecified atom stereocenters. The topological polar surface area (TPSA) is 34.2 Å². The molecule has 0 aliphatic rings. The fourth-order valence-corrected chi connectivity index (χ4v) is 2.40. The predicted octanol–water partition coefficient (Wildman–Crippen LogP) is 4.22. The fraction of sp³-hybridized carbons (Fsp3) is 0.308. The largest absolute Gasteiger partial charge is 0.573 e. The van der Waals surface area contributed by atoms with E-state index in [1.54, 1.807) is 18.3 Å². The highest BCUT2D eigenvalue weighted by atomic mass is 32.1. The van der Waals surface area contributed by atoms with Crippen LogP contribution in [0.5, 0.6) is 5.75 Å². The number of nitrogens with zero attached hydrogens (tertiary/aromatic N) is 1. The predicted molar refractivity (Wildman–Crippen MR) is 71.9 cm³/mol. The molecule has 108 valence electrons. The molecule has 0 aliphatic heterocycles. The zero-order chi connectivity index (χ0) is 14.6. The van der Waals surface area contributed by atoms with Crippen LogP contribution in [0.3, 0.4) is 0 Å². The van der Waals surface area contributed by atoms with Crippen molar-refractivity contribution in [2.24, 2.45) is 0 Å². The molecule has 20 heavy (non-hydrogen) atoms. The molecule has 0 saturated carbocycles. The van der Waals surface area contributed by atoms with Gasteiger partial charge in [0.2, 0.25) is 0 Å².